The molecule has 19 heavy (non-hydrogen) atoms. The molecule has 0 spiro atoms. The normalized spacial score (nSPS) is 19.9. The Labute approximate surface area is 118 Å². The van der Waals surface area contributed by atoms with E-state index in [1.54, 1.807) is 11.8 Å². The van der Waals surface area contributed by atoms with E-state index in [1.807, 2.05) is 6.26 Å². The molecule has 1 saturated heterocycles. The molecule has 104 valence electrons. The van der Waals surface area contributed by atoms with Gasteiger partial charge in [0.05, 0.1) is 18.9 Å². The van der Waals surface area contributed by atoms with Gasteiger partial charge in [0, 0.05) is 31.6 Å². The quantitative estimate of drug-likeness (QED) is 0.636. The third kappa shape index (κ3) is 2.85. The van der Waals surface area contributed by atoms with Gasteiger partial charge in [-0.15, -0.1) is 0 Å². The van der Waals surface area contributed by atoms with Crippen molar-refractivity contribution in [3.05, 3.63) is 11.3 Å². The maximum Gasteiger partial charge on any atom is 0.189 e. The summed E-state index contributed by atoms with van der Waals surface area (Å²) in [5, 5.41) is 4.33. The average Bonchev–Trinajstić information content (AvgIpc) is 2.72. The summed E-state index contributed by atoms with van der Waals surface area (Å²) in [4.78, 5) is 11.8. The Morgan fingerprint density at radius 2 is 1.95 bits per heavy atom. The fraction of sp³-hybridized carbons (Fsp3) is 0.692. The summed E-state index contributed by atoms with van der Waals surface area (Å²) in [7, 11) is 0. The van der Waals surface area contributed by atoms with Gasteiger partial charge in [0.2, 0.25) is 0 Å². The van der Waals surface area contributed by atoms with Crippen molar-refractivity contribution in [2.24, 2.45) is 0 Å². The highest BCUT2D eigenvalue weighted by Gasteiger charge is 2.21. The standard InChI is InChI=1S/C13H20N4OS/c1-19-13-15-11-3-5-14-4-2-10(11)12(16-13)17-6-8-18-9-7-17/h14H,2-9H2,1H3. The summed E-state index contributed by atoms with van der Waals surface area (Å²) in [5.41, 5.74) is 2.57. The molecular weight excluding hydrogens is 260 g/mol. The maximum absolute atomic E-state index is 5.44. The molecule has 0 saturated carbocycles. The highest BCUT2D eigenvalue weighted by atomic mass is 32.2. The number of anilines is 1. The Bertz CT molecular complexity index is 449. The van der Waals surface area contributed by atoms with Crippen molar-refractivity contribution < 1.29 is 4.74 Å². The SMILES string of the molecule is CSc1nc2c(c(N3CCOCC3)n1)CCNCC2. The molecule has 6 heteroatoms. The van der Waals surface area contributed by atoms with Crippen LogP contribution in [0.4, 0.5) is 5.82 Å². The lowest BCUT2D eigenvalue weighted by atomic mass is 10.1. The van der Waals surface area contributed by atoms with Crippen LogP contribution in [0.5, 0.6) is 0 Å². The van der Waals surface area contributed by atoms with Crippen LogP contribution >= 0.6 is 11.8 Å². The molecule has 3 heterocycles. The third-order valence-electron chi connectivity index (χ3n) is 3.63. The molecule has 2 aliphatic rings. The van der Waals surface area contributed by atoms with Gasteiger partial charge in [-0.1, -0.05) is 11.8 Å². The second-order valence-corrected chi connectivity index (χ2v) is 5.58. The molecule has 2 aliphatic heterocycles. The maximum atomic E-state index is 5.44. The molecule has 0 aromatic carbocycles. The fourth-order valence-electron chi connectivity index (χ4n) is 2.63. The van der Waals surface area contributed by atoms with E-state index < -0.39 is 0 Å². The summed E-state index contributed by atoms with van der Waals surface area (Å²) in [6, 6.07) is 0. The first-order valence-electron chi connectivity index (χ1n) is 6.85. The summed E-state index contributed by atoms with van der Waals surface area (Å²) in [5.74, 6) is 1.14. The minimum Gasteiger partial charge on any atom is -0.378 e. The number of rotatable bonds is 2. The molecule has 3 rings (SSSR count). The monoisotopic (exact) mass is 280 g/mol. The van der Waals surface area contributed by atoms with Crippen LogP contribution in [-0.4, -0.2) is 55.6 Å². The number of hydrogen-bond acceptors (Lipinski definition) is 6. The zero-order valence-corrected chi connectivity index (χ0v) is 12.1. The van der Waals surface area contributed by atoms with E-state index in [0.29, 0.717) is 0 Å². The zero-order valence-electron chi connectivity index (χ0n) is 11.3. The average molecular weight is 280 g/mol. The van der Waals surface area contributed by atoms with E-state index >= 15 is 0 Å². The van der Waals surface area contributed by atoms with Crippen LogP contribution in [0, 0.1) is 0 Å². The minimum atomic E-state index is 0.797. The van der Waals surface area contributed by atoms with Gasteiger partial charge in [-0.25, -0.2) is 9.97 Å². The third-order valence-corrected chi connectivity index (χ3v) is 4.18. The molecular formula is C13H20N4OS. The lowest BCUT2D eigenvalue weighted by Gasteiger charge is -2.30. The van der Waals surface area contributed by atoms with Crippen LogP contribution in [0.15, 0.2) is 5.16 Å². The largest absolute Gasteiger partial charge is 0.378 e. The summed E-state index contributed by atoms with van der Waals surface area (Å²) >= 11 is 1.63. The number of aromatic nitrogens is 2. The van der Waals surface area contributed by atoms with Crippen LogP contribution in [0.2, 0.25) is 0 Å². The Kier molecular flexibility index (Phi) is 4.20. The molecule has 0 atom stereocenters. The Balaban J connectivity index is 1.99. The van der Waals surface area contributed by atoms with Crippen molar-refractivity contribution in [2.75, 3.05) is 50.5 Å². The number of fused-ring (bicyclic) bond motifs is 1. The first kappa shape index (κ1) is 13.1. The van der Waals surface area contributed by atoms with E-state index in [0.717, 1.165) is 63.2 Å². The number of nitrogens with zero attached hydrogens (tertiary/aromatic N) is 3. The van der Waals surface area contributed by atoms with Crippen LogP contribution < -0.4 is 10.2 Å². The molecule has 1 fully saturated rings. The highest BCUT2D eigenvalue weighted by molar-refractivity contribution is 7.98. The number of morpholine rings is 1. The van der Waals surface area contributed by atoms with E-state index in [9.17, 15) is 0 Å². The first-order valence-corrected chi connectivity index (χ1v) is 8.08. The van der Waals surface area contributed by atoms with E-state index in [-0.39, 0.29) is 0 Å². The summed E-state index contributed by atoms with van der Waals surface area (Å²) < 4.78 is 5.44. The van der Waals surface area contributed by atoms with Gasteiger partial charge in [-0.2, -0.15) is 0 Å². The minimum absolute atomic E-state index is 0.797. The Morgan fingerprint density at radius 3 is 2.74 bits per heavy atom. The molecule has 0 amide bonds. The van der Waals surface area contributed by atoms with Crippen molar-refractivity contribution in [2.45, 2.75) is 18.0 Å². The van der Waals surface area contributed by atoms with E-state index in [1.165, 1.54) is 11.3 Å². The topological polar surface area (TPSA) is 50.3 Å². The number of hydrogen-bond donors (Lipinski definition) is 1. The van der Waals surface area contributed by atoms with Crippen molar-refractivity contribution >= 4 is 17.6 Å². The molecule has 0 bridgehead atoms. The van der Waals surface area contributed by atoms with Crippen molar-refractivity contribution in [3.63, 3.8) is 0 Å². The van der Waals surface area contributed by atoms with Crippen LogP contribution in [0.1, 0.15) is 11.3 Å². The number of nitrogens with one attached hydrogen (secondary N) is 1. The number of thioether (sulfide) groups is 1. The predicted molar refractivity (Wildman–Crippen MR) is 77.1 cm³/mol. The Morgan fingerprint density at radius 1 is 1.16 bits per heavy atom. The molecule has 1 aromatic heterocycles. The lowest BCUT2D eigenvalue weighted by Crippen LogP contribution is -2.37. The molecule has 1 aromatic rings. The van der Waals surface area contributed by atoms with Gasteiger partial charge in [-0.05, 0) is 19.2 Å². The van der Waals surface area contributed by atoms with Gasteiger partial charge in [0.1, 0.15) is 5.82 Å². The molecule has 0 aliphatic carbocycles. The Hall–Kier alpha value is -0.850. The molecule has 1 N–H and O–H groups in total. The smallest absolute Gasteiger partial charge is 0.189 e. The van der Waals surface area contributed by atoms with Crippen LogP contribution in [0.25, 0.3) is 0 Å². The molecule has 5 nitrogen and oxygen atoms in total. The van der Waals surface area contributed by atoms with Gasteiger partial charge < -0.3 is 15.0 Å². The van der Waals surface area contributed by atoms with Crippen molar-refractivity contribution in [1.29, 1.82) is 0 Å². The van der Waals surface area contributed by atoms with Crippen molar-refractivity contribution in [3.8, 4) is 0 Å². The highest BCUT2D eigenvalue weighted by Crippen LogP contribution is 2.26. The number of ether oxygens (including phenoxy) is 1. The van der Waals surface area contributed by atoms with Crippen molar-refractivity contribution in [1.82, 2.24) is 15.3 Å². The fourth-order valence-corrected chi connectivity index (χ4v) is 3.01. The molecule has 0 radical (unpaired) electrons. The van der Waals surface area contributed by atoms with Crippen LogP contribution in [-0.2, 0) is 17.6 Å². The first-order chi connectivity index (χ1) is 9.38. The second kappa shape index (κ2) is 6.07. The summed E-state index contributed by atoms with van der Waals surface area (Å²) in [6.07, 6.45) is 4.07. The second-order valence-electron chi connectivity index (χ2n) is 4.81. The van der Waals surface area contributed by atoms with Crippen LogP contribution in [0.3, 0.4) is 0 Å². The van der Waals surface area contributed by atoms with E-state index in [4.69, 9.17) is 14.7 Å². The molecule has 0 unspecified atom stereocenters. The lowest BCUT2D eigenvalue weighted by molar-refractivity contribution is 0.122. The van der Waals surface area contributed by atoms with Gasteiger partial charge in [0.25, 0.3) is 0 Å². The van der Waals surface area contributed by atoms with Gasteiger partial charge in [-0.3, -0.25) is 0 Å². The van der Waals surface area contributed by atoms with Gasteiger partial charge in [0.15, 0.2) is 5.16 Å². The van der Waals surface area contributed by atoms with Gasteiger partial charge >= 0.3 is 0 Å². The van der Waals surface area contributed by atoms with E-state index in [2.05, 4.69) is 10.2 Å². The zero-order chi connectivity index (χ0) is 13.1. The summed E-state index contributed by atoms with van der Waals surface area (Å²) in [6.45, 7) is 5.50. The predicted octanol–water partition coefficient (Wildman–Crippen LogP) is 0.723.